The first-order valence-corrected chi connectivity index (χ1v) is 6.46. The van der Waals surface area contributed by atoms with E-state index < -0.39 is 0 Å². The second kappa shape index (κ2) is 4.28. The number of carbonyl (C=O) groups excluding carboxylic acids is 1. The quantitative estimate of drug-likeness (QED) is 0.853. The normalized spacial score (nSPS) is 20.4. The largest absolute Gasteiger partial charge is 0.482 e. The van der Waals surface area contributed by atoms with E-state index in [-0.39, 0.29) is 17.9 Å². The van der Waals surface area contributed by atoms with Gasteiger partial charge in [0.25, 0.3) is 5.91 Å². The number of hydrogen-bond acceptors (Lipinski definition) is 3. The number of anilines is 1. The number of fused-ring (bicyclic) bond motifs is 1. The molecule has 0 spiro atoms. The predicted octanol–water partition coefficient (Wildman–Crippen LogP) is 1.69. The van der Waals surface area contributed by atoms with E-state index in [4.69, 9.17) is 10.5 Å². The molecule has 1 aromatic rings. The Labute approximate surface area is 107 Å². The molecule has 1 aromatic carbocycles. The van der Waals surface area contributed by atoms with Crippen LogP contribution >= 0.6 is 0 Å². The van der Waals surface area contributed by atoms with Crippen LogP contribution in [0.3, 0.4) is 0 Å². The highest BCUT2D eigenvalue weighted by Gasteiger charge is 2.35. The molecule has 96 valence electrons. The van der Waals surface area contributed by atoms with Crippen molar-refractivity contribution in [2.75, 3.05) is 18.5 Å². The van der Waals surface area contributed by atoms with Gasteiger partial charge in [0.2, 0.25) is 0 Å². The van der Waals surface area contributed by atoms with Gasteiger partial charge in [-0.1, -0.05) is 12.5 Å². The van der Waals surface area contributed by atoms with Crippen LogP contribution in [0, 0.1) is 5.41 Å². The van der Waals surface area contributed by atoms with Gasteiger partial charge in [0.05, 0.1) is 5.69 Å². The van der Waals surface area contributed by atoms with Crippen molar-refractivity contribution in [2.45, 2.75) is 25.7 Å². The minimum absolute atomic E-state index is 0.0863. The monoisotopic (exact) mass is 246 g/mol. The highest BCUT2D eigenvalue weighted by atomic mass is 16.5. The van der Waals surface area contributed by atoms with Crippen molar-refractivity contribution in [2.24, 2.45) is 11.1 Å². The fourth-order valence-electron chi connectivity index (χ4n) is 2.80. The molecule has 4 heteroatoms. The van der Waals surface area contributed by atoms with Crippen LogP contribution in [-0.2, 0) is 11.2 Å². The van der Waals surface area contributed by atoms with Crippen molar-refractivity contribution < 1.29 is 9.53 Å². The molecule has 3 rings (SSSR count). The first-order chi connectivity index (χ1) is 8.71. The number of ether oxygens (including phenoxy) is 1. The highest BCUT2D eigenvalue weighted by molar-refractivity contribution is 5.95. The summed E-state index contributed by atoms with van der Waals surface area (Å²) < 4.78 is 5.35. The maximum Gasteiger partial charge on any atom is 0.262 e. The molecular weight excluding hydrogens is 228 g/mol. The minimum atomic E-state index is -0.0863. The van der Waals surface area contributed by atoms with E-state index in [0.29, 0.717) is 0 Å². The summed E-state index contributed by atoms with van der Waals surface area (Å²) in [5.74, 6) is 0.672. The van der Waals surface area contributed by atoms with Crippen molar-refractivity contribution in [3.63, 3.8) is 0 Å². The Balaban J connectivity index is 1.81. The molecule has 3 N–H and O–H groups in total. The smallest absolute Gasteiger partial charge is 0.262 e. The van der Waals surface area contributed by atoms with E-state index in [0.717, 1.165) is 24.4 Å². The Morgan fingerprint density at radius 3 is 2.89 bits per heavy atom. The summed E-state index contributed by atoms with van der Waals surface area (Å²) in [5.41, 5.74) is 8.18. The number of rotatable bonds is 3. The number of amides is 1. The van der Waals surface area contributed by atoms with Crippen molar-refractivity contribution in [1.29, 1.82) is 0 Å². The molecule has 2 aliphatic rings. The third-order valence-corrected chi connectivity index (χ3v) is 4.10. The lowest BCUT2D eigenvalue weighted by molar-refractivity contribution is -0.118. The van der Waals surface area contributed by atoms with Gasteiger partial charge in [0.15, 0.2) is 6.61 Å². The number of carbonyl (C=O) groups is 1. The average Bonchev–Trinajstić information content (AvgIpc) is 2.33. The van der Waals surface area contributed by atoms with Gasteiger partial charge in [-0.05, 0) is 48.9 Å². The van der Waals surface area contributed by atoms with E-state index in [1.54, 1.807) is 0 Å². The fraction of sp³-hybridized carbons (Fsp3) is 0.500. The van der Waals surface area contributed by atoms with Gasteiger partial charge in [-0.25, -0.2) is 0 Å². The molecule has 1 saturated carbocycles. The summed E-state index contributed by atoms with van der Waals surface area (Å²) in [4.78, 5) is 11.3. The van der Waals surface area contributed by atoms with Crippen molar-refractivity contribution in [3.05, 3.63) is 23.8 Å². The summed E-state index contributed by atoms with van der Waals surface area (Å²) in [6.45, 7) is 0.853. The lowest BCUT2D eigenvalue weighted by atomic mass is 9.65. The molecule has 0 bridgehead atoms. The average molecular weight is 246 g/mol. The lowest BCUT2D eigenvalue weighted by Gasteiger charge is -2.41. The van der Waals surface area contributed by atoms with Gasteiger partial charge in [-0.2, -0.15) is 0 Å². The Hall–Kier alpha value is -1.55. The third kappa shape index (κ3) is 1.97. The summed E-state index contributed by atoms with van der Waals surface area (Å²) in [7, 11) is 0. The number of hydrogen-bond donors (Lipinski definition) is 2. The Bertz CT molecular complexity index is 475. The molecule has 0 unspecified atom stereocenters. The molecule has 4 nitrogen and oxygen atoms in total. The zero-order valence-electron chi connectivity index (χ0n) is 10.4. The first kappa shape index (κ1) is 11.5. The van der Waals surface area contributed by atoms with E-state index in [1.807, 2.05) is 12.1 Å². The van der Waals surface area contributed by atoms with Gasteiger partial charge in [-0.3, -0.25) is 4.79 Å². The molecule has 1 fully saturated rings. The molecule has 0 aromatic heterocycles. The van der Waals surface area contributed by atoms with Crippen molar-refractivity contribution in [1.82, 2.24) is 0 Å². The first-order valence-electron chi connectivity index (χ1n) is 6.46. The summed E-state index contributed by atoms with van der Waals surface area (Å²) in [5, 5.41) is 2.84. The van der Waals surface area contributed by atoms with Crippen LogP contribution in [0.1, 0.15) is 24.8 Å². The van der Waals surface area contributed by atoms with Crippen molar-refractivity contribution >= 4 is 11.6 Å². The SMILES string of the molecule is NCC1(Cc2ccc3c(c2)NC(=O)CO3)CCC1. The van der Waals surface area contributed by atoms with Gasteiger partial charge in [0.1, 0.15) is 5.75 Å². The third-order valence-electron chi connectivity index (χ3n) is 4.10. The molecule has 0 atom stereocenters. The summed E-state index contributed by atoms with van der Waals surface area (Å²) in [6.07, 6.45) is 4.70. The van der Waals surface area contributed by atoms with Crippen LogP contribution in [0.25, 0.3) is 0 Å². The topological polar surface area (TPSA) is 64.3 Å². The summed E-state index contributed by atoms with van der Waals surface area (Å²) in [6, 6.07) is 6.03. The van der Waals surface area contributed by atoms with E-state index in [2.05, 4.69) is 11.4 Å². The van der Waals surface area contributed by atoms with Gasteiger partial charge in [-0.15, -0.1) is 0 Å². The number of benzene rings is 1. The van der Waals surface area contributed by atoms with Crippen LogP contribution in [-0.4, -0.2) is 19.1 Å². The minimum Gasteiger partial charge on any atom is -0.482 e. The molecule has 1 amide bonds. The Kier molecular flexibility index (Phi) is 2.74. The second-order valence-corrected chi connectivity index (χ2v) is 5.40. The number of nitrogens with two attached hydrogens (primary N) is 1. The van der Waals surface area contributed by atoms with Crippen LogP contribution < -0.4 is 15.8 Å². The summed E-state index contributed by atoms with van der Waals surface area (Å²) >= 11 is 0. The van der Waals surface area contributed by atoms with Crippen LogP contribution in [0.4, 0.5) is 5.69 Å². The zero-order valence-corrected chi connectivity index (χ0v) is 10.4. The molecule has 1 aliphatic carbocycles. The predicted molar refractivity (Wildman–Crippen MR) is 69.6 cm³/mol. The maximum atomic E-state index is 11.3. The fourth-order valence-corrected chi connectivity index (χ4v) is 2.80. The number of nitrogens with one attached hydrogen (secondary N) is 1. The second-order valence-electron chi connectivity index (χ2n) is 5.40. The maximum absolute atomic E-state index is 11.3. The molecule has 0 radical (unpaired) electrons. The van der Waals surface area contributed by atoms with Crippen LogP contribution in [0.15, 0.2) is 18.2 Å². The van der Waals surface area contributed by atoms with Gasteiger partial charge in [0, 0.05) is 0 Å². The zero-order chi connectivity index (χ0) is 12.6. The van der Waals surface area contributed by atoms with E-state index in [1.165, 1.54) is 24.8 Å². The highest BCUT2D eigenvalue weighted by Crippen LogP contribution is 2.43. The molecular formula is C14H18N2O2. The Morgan fingerprint density at radius 2 is 2.22 bits per heavy atom. The molecule has 18 heavy (non-hydrogen) atoms. The molecule has 1 aliphatic heterocycles. The van der Waals surface area contributed by atoms with Crippen LogP contribution in [0.2, 0.25) is 0 Å². The molecule has 0 saturated heterocycles. The van der Waals surface area contributed by atoms with Crippen LogP contribution in [0.5, 0.6) is 5.75 Å². The molecule has 1 heterocycles. The Morgan fingerprint density at radius 1 is 1.39 bits per heavy atom. The van der Waals surface area contributed by atoms with Gasteiger partial charge >= 0.3 is 0 Å². The van der Waals surface area contributed by atoms with E-state index in [9.17, 15) is 4.79 Å². The lowest BCUT2D eigenvalue weighted by Crippen LogP contribution is -2.39. The van der Waals surface area contributed by atoms with E-state index >= 15 is 0 Å². The van der Waals surface area contributed by atoms with Crippen molar-refractivity contribution in [3.8, 4) is 5.75 Å². The van der Waals surface area contributed by atoms with Gasteiger partial charge < -0.3 is 15.8 Å². The standard InChI is InChI=1S/C14H18N2O2/c15-9-14(4-1-5-14)7-10-2-3-12-11(6-10)16-13(17)8-18-12/h2-3,6H,1,4-5,7-9,15H2,(H,16,17).